The number of aldehydes is 1. The second-order valence-corrected chi connectivity index (χ2v) is 4.67. The summed E-state index contributed by atoms with van der Waals surface area (Å²) >= 11 is 7.15. The predicted octanol–water partition coefficient (Wildman–Crippen LogP) is 4.02. The van der Waals surface area contributed by atoms with Gasteiger partial charge in [0.1, 0.15) is 5.82 Å². The van der Waals surface area contributed by atoms with Crippen LogP contribution in [0.3, 0.4) is 0 Å². The maximum absolute atomic E-state index is 13.3. The molecule has 0 saturated carbocycles. The summed E-state index contributed by atoms with van der Waals surface area (Å²) in [6.07, 6.45) is 0.501. The summed E-state index contributed by atoms with van der Waals surface area (Å²) in [4.78, 5) is 11.3. The van der Waals surface area contributed by atoms with Gasteiger partial charge in [-0.3, -0.25) is 4.79 Å². The Hall–Kier alpha value is -1.19. The molecule has 76 valence electrons. The Morgan fingerprint density at radius 3 is 2.60 bits per heavy atom. The van der Waals surface area contributed by atoms with Crippen LogP contribution in [-0.4, -0.2) is 6.29 Å². The summed E-state index contributed by atoms with van der Waals surface area (Å²) in [5.41, 5.74) is 0.802. The molecule has 0 radical (unpaired) electrons. The summed E-state index contributed by atoms with van der Waals surface area (Å²) in [7, 11) is 0. The topological polar surface area (TPSA) is 17.1 Å². The van der Waals surface area contributed by atoms with E-state index >= 15 is 0 Å². The molecule has 0 aliphatic carbocycles. The van der Waals surface area contributed by atoms with Gasteiger partial charge in [-0.15, -0.1) is 11.3 Å². The Morgan fingerprint density at radius 1 is 1.27 bits per heavy atom. The monoisotopic (exact) mass is 240 g/mol. The van der Waals surface area contributed by atoms with Gasteiger partial charge < -0.3 is 0 Å². The van der Waals surface area contributed by atoms with Crippen LogP contribution in [0.25, 0.3) is 10.4 Å². The van der Waals surface area contributed by atoms with E-state index in [1.54, 1.807) is 12.1 Å². The lowest BCUT2D eigenvalue weighted by Gasteiger charge is -1.99. The van der Waals surface area contributed by atoms with E-state index in [0.717, 1.165) is 10.4 Å². The van der Waals surface area contributed by atoms with Crippen molar-refractivity contribution in [3.05, 3.63) is 46.0 Å². The number of carbonyl (C=O) groups is 1. The van der Waals surface area contributed by atoms with Crippen molar-refractivity contribution in [2.45, 2.75) is 0 Å². The van der Waals surface area contributed by atoms with Crippen molar-refractivity contribution in [2.24, 2.45) is 0 Å². The fraction of sp³-hybridized carbons (Fsp3) is 0. The molecule has 1 aromatic heterocycles. The van der Waals surface area contributed by atoms with Crippen molar-refractivity contribution in [1.82, 2.24) is 0 Å². The highest BCUT2D eigenvalue weighted by Gasteiger charge is 2.06. The van der Waals surface area contributed by atoms with Gasteiger partial charge >= 0.3 is 0 Å². The molecular formula is C11H6ClFOS. The van der Waals surface area contributed by atoms with Crippen LogP contribution in [0.2, 0.25) is 4.34 Å². The highest BCUT2D eigenvalue weighted by atomic mass is 35.5. The Bertz CT molecular complexity index is 507. The zero-order valence-electron chi connectivity index (χ0n) is 7.54. The Balaban J connectivity index is 2.46. The summed E-state index contributed by atoms with van der Waals surface area (Å²) in [5.74, 6) is -0.507. The van der Waals surface area contributed by atoms with E-state index in [0.29, 0.717) is 10.6 Å². The van der Waals surface area contributed by atoms with E-state index < -0.39 is 5.82 Å². The first kappa shape index (κ1) is 10.3. The van der Waals surface area contributed by atoms with E-state index in [-0.39, 0.29) is 5.56 Å². The average molecular weight is 241 g/mol. The normalized spacial score (nSPS) is 10.3. The van der Waals surface area contributed by atoms with Gasteiger partial charge in [0.2, 0.25) is 0 Å². The molecule has 1 nitrogen and oxygen atoms in total. The molecule has 1 aromatic carbocycles. The van der Waals surface area contributed by atoms with Gasteiger partial charge in [0.15, 0.2) is 6.29 Å². The van der Waals surface area contributed by atoms with Crippen LogP contribution in [0.4, 0.5) is 4.39 Å². The number of carbonyl (C=O) groups excluding carboxylic acids is 1. The second-order valence-electron chi connectivity index (χ2n) is 2.96. The lowest BCUT2D eigenvalue weighted by Crippen LogP contribution is -1.87. The van der Waals surface area contributed by atoms with Crippen LogP contribution in [-0.2, 0) is 0 Å². The van der Waals surface area contributed by atoms with E-state index in [1.165, 1.54) is 23.5 Å². The number of halogens is 2. The maximum Gasteiger partial charge on any atom is 0.152 e. The van der Waals surface area contributed by atoms with Crippen molar-refractivity contribution >= 4 is 29.2 Å². The van der Waals surface area contributed by atoms with Gasteiger partial charge in [0.05, 0.1) is 9.90 Å². The van der Waals surface area contributed by atoms with Gasteiger partial charge in [-0.2, -0.15) is 0 Å². The molecule has 1 heterocycles. The van der Waals surface area contributed by atoms with Crippen LogP contribution >= 0.6 is 22.9 Å². The molecule has 2 rings (SSSR count). The fourth-order valence-electron chi connectivity index (χ4n) is 1.25. The minimum Gasteiger partial charge on any atom is -0.298 e. The number of rotatable bonds is 2. The van der Waals surface area contributed by atoms with Crippen LogP contribution in [0.5, 0.6) is 0 Å². The minimum absolute atomic E-state index is 0.0707. The molecule has 0 aliphatic heterocycles. The van der Waals surface area contributed by atoms with Crippen molar-refractivity contribution in [1.29, 1.82) is 0 Å². The van der Waals surface area contributed by atoms with Crippen LogP contribution in [0.1, 0.15) is 10.4 Å². The number of hydrogen-bond acceptors (Lipinski definition) is 2. The Labute approximate surface area is 95.1 Å². The third-order valence-corrected chi connectivity index (χ3v) is 3.27. The number of hydrogen-bond donors (Lipinski definition) is 0. The quantitative estimate of drug-likeness (QED) is 0.725. The molecule has 0 amide bonds. The summed E-state index contributed by atoms with van der Waals surface area (Å²) in [6, 6.07) is 8.08. The Morgan fingerprint density at radius 2 is 2.07 bits per heavy atom. The molecule has 0 atom stereocenters. The molecule has 2 aromatic rings. The number of benzene rings is 1. The molecule has 4 heteroatoms. The third kappa shape index (κ3) is 2.08. The maximum atomic E-state index is 13.3. The SMILES string of the molecule is O=Cc1ccc(-c2ccc(Cl)s2)cc1F. The first-order valence-corrected chi connectivity index (χ1v) is 5.40. The van der Waals surface area contributed by atoms with Crippen molar-refractivity contribution in [3.8, 4) is 10.4 Å². The van der Waals surface area contributed by atoms with Crippen LogP contribution < -0.4 is 0 Å². The zero-order chi connectivity index (χ0) is 10.8. The first-order chi connectivity index (χ1) is 7.20. The summed E-state index contributed by atoms with van der Waals surface area (Å²) < 4.78 is 13.9. The molecule has 0 bridgehead atoms. The molecule has 0 aliphatic rings. The molecule has 15 heavy (non-hydrogen) atoms. The van der Waals surface area contributed by atoms with E-state index in [2.05, 4.69) is 0 Å². The smallest absolute Gasteiger partial charge is 0.152 e. The van der Waals surface area contributed by atoms with Crippen molar-refractivity contribution < 1.29 is 9.18 Å². The molecule has 0 unspecified atom stereocenters. The van der Waals surface area contributed by atoms with Crippen molar-refractivity contribution in [2.75, 3.05) is 0 Å². The second kappa shape index (κ2) is 4.13. The molecule has 0 saturated heterocycles. The van der Waals surface area contributed by atoms with Crippen LogP contribution in [0, 0.1) is 5.82 Å². The van der Waals surface area contributed by atoms with Crippen molar-refractivity contribution in [3.63, 3.8) is 0 Å². The van der Waals surface area contributed by atoms with Gasteiger partial charge in [0, 0.05) is 4.88 Å². The highest BCUT2D eigenvalue weighted by molar-refractivity contribution is 7.19. The summed E-state index contributed by atoms with van der Waals surface area (Å²) in [5, 5.41) is 0. The van der Waals surface area contributed by atoms with Gasteiger partial charge in [0.25, 0.3) is 0 Å². The standard InChI is InChI=1S/C11H6ClFOS/c12-11-4-3-10(15-11)7-1-2-8(6-14)9(13)5-7/h1-6H. The average Bonchev–Trinajstić information content (AvgIpc) is 2.65. The van der Waals surface area contributed by atoms with Crippen LogP contribution in [0.15, 0.2) is 30.3 Å². The highest BCUT2D eigenvalue weighted by Crippen LogP contribution is 2.31. The molecular weight excluding hydrogens is 235 g/mol. The predicted molar refractivity (Wildman–Crippen MR) is 60.1 cm³/mol. The lowest BCUT2D eigenvalue weighted by molar-refractivity contribution is 0.112. The minimum atomic E-state index is -0.507. The molecule has 0 spiro atoms. The molecule has 0 N–H and O–H groups in total. The molecule has 0 fully saturated rings. The fourth-order valence-corrected chi connectivity index (χ4v) is 2.28. The lowest BCUT2D eigenvalue weighted by atomic mass is 10.1. The summed E-state index contributed by atoms with van der Waals surface area (Å²) in [6.45, 7) is 0. The first-order valence-electron chi connectivity index (χ1n) is 4.21. The third-order valence-electron chi connectivity index (χ3n) is 1.99. The number of thiophene rings is 1. The van der Waals surface area contributed by atoms with E-state index in [9.17, 15) is 9.18 Å². The van der Waals surface area contributed by atoms with Gasteiger partial charge in [-0.05, 0) is 29.8 Å². The van der Waals surface area contributed by atoms with E-state index in [4.69, 9.17) is 11.6 Å². The largest absolute Gasteiger partial charge is 0.298 e. The van der Waals surface area contributed by atoms with E-state index in [1.807, 2.05) is 6.07 Å². The zero-order valence-corrected chi connectivity index (χ0v) is 9.11. The van der Waals surface area contributed by atoms with Gasteiger partial charge in [-0.25, -0.2) is 4.39 Å². The Kier molecular flexibility index (Phi) is 2.84. The van der Waals surface area contributed by atoms with Gasteiger partial charge in [-0.1, -0.05) is 17.7 Å².